The van der Waals surface area contributed by atoms with E-state index in [-0.39, 0.29) is 30.3 Å². The lowest BCUT2D eigenvalue weighted by atomic mass is 10.1. The zero-order chi connectivity index (χ0) is 15.4. The van der Waals surface area contributed by atoms with E-state index < -0.39 is 5.97 Å². The molecular weight excluding hydrogens is 274 g/mol. The molecule has 0 atom stereocenters. The van der Waals surface area contributed by atoms with Gasteiger partial charge in [0.15, 0.2) is 0 Å². The van der Waals surface area contributed by atoms with Gasteiger partial charge in [-0.1, -0.05) is 0 Å². The van der Waals surface area contributed by atoms with Crippen LogP contribution in [0.2, 0.25) is 0 Å². The molecule has 1 aliphatic rings. The maximum atomic E-state index is 12.1. The molecular formula is C15H17NO5. The van der Waals surface area contributed by atoms with Crippen molar-refractivity contribution in [2.24, 2.45) is 0 Å². The maximum Gasteiger partial charge on any atom is 0.335 e. The number of aromatic carboxylic acids is 1. The summed E-state index contributed by atoms with van der Waals surface area (Å²) in [5, 5.41) is 8.96. The minimum absolute atomic E-state index is 0.0612. The lowest BCUT2D eigenvalue weighted by Gasteiger charge is -2.17. The molecule has 0 aromatic heterocycles. The van der Waals surface area contributed by atoms with Gasteiger partial charge < -0.3 is 14.7 Å². The molecule has 0 fully saturated rings. The minimum Gasteiger partial charge on any atom is -0.478 e. The summed E-state index contributed by atoms with van der Waals surface area (Å²) in [6.07, 6.45) is 0.784. The number of esters is 1. The van der Waals surface area contributed by atoms with Gasteiger partial charge in [0.2, 0.25) is 5.91 Å². The number of hydrogen-bond acceptors (Lipinski definition) is 4. The number of amides is 1. The Morgan fingerprint density at radius 2 is 2.05 bits per heavy atom. The third-order valence-corrected chi connectivity index (χ3v) is 3.37. The van der Waals surface area contributed by atoms with Gasteiger partial charge in [0.1, 0.15) is 0 Å². The van der Waals surface area contributed by atoms with Gasteiger partial charge in [0.25, 0.3) is 0 Å². The van der Waals surface area contributed by atoms with Crippen LogP contribution in [-0.4, -0.2) is 36.1 Å². The molecule has 1 aliphatic heterocycles. The van der Waals surface area contributed by atoms with Crippen LogP contribution >= 0.6 is 0 Å². The van der Waals surface area contributed by atoms with E-state index in [1.165, 1.54) is 6.07 Å². The van der Waals surface area contributed by atoms with Gasteiger partial charge in [-0.15, -0.1) is 0 Å². The van der Waals surface area contributed by atoms with Crippen LogP contribution in [0.1, 0.15) is 35.7 Å². The molecule has 6 heteroatoms. The topological polar surface area (TPSA) is 83.9 Å². The summed E-state index contributed by atoms with van der Waals surface area (Å²) >= 11 is 0. The summed E-state index contributed by atoms with van der Waals surface area (Å²) in [5.74, 6) is -1.51. The molecule has 1 aromatic rings. The Hall–Kier alpha value is -2.37. The number of benzene rings is 1. The number of hydrogen-bond donors (Lipinski definition) is 1. The van der Waals surface area contributed by atoms with Crippen LogP contribution < -0.4 is 4.90 Å². The van der Waals surface area contributed by atoms with Crippen molar-refractivity contribution in [2.45, 2.75) is 26.2 Å². The second-order valence-corrected chi connectivity index (χ2v) is 4.75. The second kappa shape index (κ2) is 6.39. The summed E-state index contributed by atoms with van der Waals surface area (Å²) in [5.41, 5.74) is 1.79. The van der Waals surface area contributed by atoms with Gasteiger partial charge >= 0.3 is 11.9 Å². The molecule has 6 nitrogen and oxygen atoms in total. The van der Waals surface area contributed by atoms with Crippen molar-refractivity contribution in [3.63, 3.8) is 0 Å². The predicted octanol–water partition coefficient (Wildman–Crippen LogP) is 1.62. The molecule has 0 aliphatic carbocycles. The molecule has 0 bridgehead atoms. The summed E-state index contributed by atoms with van der Waals surface area (Å²) in [7, 11) is 0. The van der Waals surface area contributed by atoms with E-state index >= 15 is 0 Å². The minimum atomic E-state index is -0.982. The lowest BCUT2D eigenvalue weighted by Crippen LogP contribution is -2.29. The molecule has 2 rings (SSSR count). The fourth-order valence-electron chi connectivity index (χ4n) is 2.37. The molecule has 1 heterocycles. The van der Waals surface area contributed by atoms with Gasteiger partial charge in [0.05, 0.1) is 18.6 Å². The molecule has 1 N–H and O–H groups in total. The van der Waals surface area contributed by atoms with Crippen LogP contribution in [0.3, 0.4) is 0 Å². The highest BCUT2D eigenvalue weighted by molar-refractivity contribution is 5.98. The largest absolute Gasteiger partial charge is 0.478 e. The van der Waals surface area contributed by atoms with Crippen molar-refractivity contribution in [3.8, 4) is 0 Å². The third-order valence-electron chi connectivity index (χ3n) is 3.37. The Morgan fingerprint density at radius 3 is 2.71 bits per heavy atom. The summed E-state index contributed by atoms with van der Waals surface area (Å²) in [4.78, 5) is 35.9. The monoisotopic (exact) mass is 291 g/mol. The van der Waals surface area contributed by atoms with E-state index in [0.717, 1.165) is 11.3 Å². The third kappa shape index (κ3) is 3.39. The zero-order valence-corrected chi connectivity index (χ0v) is 11.8. The lowest BCUT2D eigenvalue weighted by molar-refractivity contribution is -0.144. The number of carboxylic acid groups (broad SMARTS) is 1. The second-order valence-electron chi connectivity index (χ2n) is 4.75. The van der Waals surface area contributed by atoms with Crippen LogP contribution in [-0.2, 0) is 20.7 Å². The van der Waals surface area contributed by atoms with Crippen molar-refractivity contribution in [3.05, 3.63) is 29.3 Å². The first-order chi connectivity index (χ1) is 10.0. The van der Waals surface area contributed by atoms with E-state index in [1.54, 1.807) is 24.0 Å². The quantitative estimate of drug-likeness (QED) is 0.833. The van der Waals surface area contributed by atoms with Crippen molar-refractivity contribution in [2.75, 3.05) is 18.1 Å². The first-order valence-electron chi connectivity index (χ1n) is 6.85. The van der Waals surface area contributed by atoms with Gasteiger partial charge in [-0.05, 0) is 37.1 Å². The highest BCUT2D eigenvalue weighted by Gasteiger charge is 2.25. The van der Waals surface area contributed by atoms with Gasteiger partial charge in [-0.3, -0.25) is 9.59 Å². The Kier molecular flexibility index (Phi) is 4.57. The number of nitrogens with zero attached hydrogens (tertiary/aromatic N) is 1. The van der Waals surface area contributed by atoms with Crippen molar-refractivity contribution in [1.29, 1.82) is 0 Å². The number of fused-ring (bicyclic) bond motifs is 1. The number of anilines is 1. The van der Waals surface area contributed by atoms with Gasteiger partial charge in [-0.25, -0.2) is 4.79 Å². The number of carboxylic acids is 1. The Bertz CT molecular complexity index is 581. The highest BCUT2D eigenvalue weighted by atomic mass is 16.5. The molecule has 1 amide bonds. The first kappa shape index (κ1) is 15.0. The highest BCUT2D eigenvalue weighted by Crippen LogP contribution is 2.29. The van der Waals surface area contributed by atoms with E-state index in [2.05, 4.69) is 0 Å². The smallest absolute Gasteiger partial charge is 0.335 e. The average Bonchev–Trinajstić information content (AvgIpc) is 2.88. The van der Waals surface area contributed by atoms with Crippen molar-refractivity contribution in [1.82, 2.24) is 0 Å². The van der Waals surface area contributed by atoms with Crippen LogP contribution in [0.25, 0.3) is 0 Å². The van der Waals surface area contributed by atoms with E-state index in [9.17, 15) is 14.4 Å². The van der Waals surface area contributed by atoms with Crippen LogP contribution in [0.15, 0.2) is 18.2 Å². The molecule has 0 radical (unpaired) electrons. The number of carbonyl (C=O) groups excluding carboxylic acids is 2. The van der Waals surface area contributed by atoms with E-state index in [4.69, 9.17) is 9.84 Å². The average molecular weight is 291 g/mol. The molecule has 21 heavy (non-hydrogen) atoms. The number of ether oxygens (including phenoxy) is 1. The Balaban J connectivity index is 2.03. The maximum absolute atomic E-state index is 12.1. The predicted molar refractivity (Wildman–Crippen MR) is 75.3 cm³/mol. The SMILES string of the molecule is CCOC(=O)CCC(=O)N1CCc2cc(C(=O)O)ccc21. The van der Waals surface area contributed by atoms with Crippen LogP contribution in [0, 0.1) is 0 Å². The molecule has 0 saturated heterocycles. The van der Waals surface area contributed by atoms with Gasteiger partial charge in [-0.2, -0.15) is 0 Å². The van der Waals surface area contributed by atoms with Crippen molar-refractivity contribution < 1.29 is 24.2 Å². The van der Waals surface area contributed by atoms with Crippen LogP contribution in [0.5, 0.6) is 0 Å². The fraction of sp³-hybridized carbons (Fsp3) is 0.400. The number of carbonyl (C=O) groups is 3. The normalized spacial score (nSPS) is 12.9. The summed E-state index contributed by atoms with van der Waals surface area (Å²) in [6.45, 7) is 2.54. The van der Waals surface area contributed by atoms with E-state index in [0.29, 0.717) is 19.6 Å². The van der Waals surface area contributed by atoms with Crippen molar-refractivity contribution >= 4 is 23.5 Å². The molecule has 112 valence electrons. The zero-order valence-electron chi connectivity index (χ0n) is 11.8. The van der Waals surface area contributed by atoms with E-state index in [1.807, 2.05) is 0 Å². The van der Waals surface area contributed by atoms with Crippen LogP contribution in [0.4, 0.5) is 5.69 Å². The first-order valence-corrected chi connectivity index (χ1v) is 6.85. The Morgan fingerprint density at radius 1 is 1.29 bits per heavy atom. The Labute approximate surface area is 122 Å². The summed E-state index contributed by atoms with van der Waals surface area (Å²) in [6, 6.07) is 4.72. The van der Waals surface area contributed by atoms with Gasteiger partial charge in [0, 0.05) is 18.7 Å². The molecule has 0 unspecified atom stereocenters. The summed E-state index contributed by atoms with van der Waals surface area (Å²) < 4.78 is 4.79. The molecule has 0 saturated carbocycles. The molecule has 0 spiro atoms. The fourth-order valence-corrected chi connectivity index (χ4v) is 2.37. The number of rotatable bonds is 5. The standard InChI is InChI=1S/C15H17NO5/c1-2-21-14(18)6-5-13(17)16-8-7-10-9-11(15(19)20)3-4-12(10)16/h3-4,9H,2,5-8H2,1H3,(H,19,20). The molecule has 1 aromatic carbocycles.